The fourth-order valence-electron chi connectivity index (χ4n) is 2.88. The van der Waals surface area contributed by atoms with Gasteiger partial charge in [-0.1, -0.05) is 24.3 Å². The van der Waals surface area contributed by atoms with Gasteiger partial charge < -0.3 is 10.4 Å². The third-order valence-corrected chi connectivity index (χ3v) is 4.30. The van der Waals surface area contributed by atoms with Crippen LogP contribution in [0.25, 0.3) is 16.9 Å². The smallest absolute Gasteiger partial charge is 0.180 e. The maximum absolute atomic E-state index is 9.47. The lowest BCUT2D eigenvalue weighted by atomic mass is 10.1. The first-order valence-electron chi connectivity index (χ1n) is 8.12. The number of benzene rings is 2. The SMILES string of the molecule is Cc1ccccc1CNc1nccn2c(-c3ccc(O)cc3)cnc12. The summed E-state index contributed by atoms with van der Waals surface area (Å²) in [6.07, 6.45) is 5.48. The van der Waals surface area contributed by atoms with Crippen molar-refractivity contribution < 1.29 is 5.11 Å². The van der Waals surface area contributed by atoms with Crippen molar-refractivity contribution in [1.29, 1.82) is 0 Å². The molecule has 0 amide bonds. The Bertz CT molecular complexity index is 1020. The average Bonchev–Trinajstić information content (AvgIpc) is 3.06. The van der Waals surface area contributed by atoms with Gasteiger partial charge >= 0.3 is 0 Å². The topological polar surface area (TPSA) is 62.5 Å². The zero-order chi connectivity index (χ0) is 17.2. The number of phenolic OH excluding ortho intramolecular Hbond substituents is 1. The van der Waals surface area contributed by atoms with E-state index in [0.717, 1.165) is 22.7 Å². The van der Waals surface area contributed by atoms with E-state index in [1.807, 2.05) is 41.1 Å². The summed E-state index contributed by atoms with van der Waals surface area (Å²) in [5, 5.41) is 12.9. The Morgan fingerprint density at radius 3 is 2.64 bits per heavy atom. The molecule has 0 atom stereocenters. The fraction of sp³-hybridized carbons (Fsp3) is 0.100. The minimum absolute atomic E-state index is 0.250. The van der Waals surface area contributed by atoms with Crippen molar-refractivity contribution in [3.8, 4) is 17.0 Å². The second-order valence-electron chi connectivity index (χ2n) is 5.94. The lowest BCUT2D eigenvalue weighted by molar-refractivity contribution is 0.475. The molecular weight excluding hydrogens is 312 g/mol. The van der Waals surface area contributed by atoms with Crippen LogP contribution in [0.5, 0.6) is 5.75 Å². The lowest BCUT2D eigenvalue weighted by Gasteiger charge is -2.09. The average molecular weight is 330 g/mol. The molecule has 0 saturated heterocycles. The number of aromatic nitrogens is 3. The number of anilines is 1. The molecule has 0 unspecified atom stereocenters. The minimum atomic E-state index is 0.250. The van der Waals surface area contributed by atoms with Gasteiger partial charge in [-0.2, -0.15) is 0 Å². The predicted molar refractivity (Wildman–Crippen MR) is 98.6 cm³/mol. The zero-order valence-corrected chi connectivity index (χ0v) is 13.8. The number of nitrogens with one attached hydrogen (secondary N) is 1. The van der Waals surface area contributed by atoms with Gasteiger partial charge in [-0.15, -0.1) is 0 Å². The summed E-state index contributed by atoms with van der Waals surface area (Å²) in [6.45, 7) is 2.80. The van der Waals surface area contributed by atoms with Crippen LogP contribution in [0.3, 0.4) is 0 Å². The Hall–Kier alpha value is -3.34. The summed E-state index contributed by atoms with van der Waals surface area (Å²) < 4.78 is 2.00. The van der Waals surface area contributed by atoms with Gasteiger partial charge in [0, 0.05) is 24.5 Å². The molecule has 0 aliphatic carbocycles. The molecule has 2 N–H and O–H groups in total. The number of hydrogen-bond donors (Lipinski definition) is 2. The number of phenols is 1. The molecular formula is C20H18N4O. The summed E-state index contributed by atoms with van der Waals surface area (Å²) in [7, 11) is 0. The Morgan fingerprint density at radius 1 is 1.04 bits per heavy atom. The largest absolute Gasteiger partial charge is 0.508 e. The second kappa shape index (κ2) is 6.28. The van der Waals surface area contributed by atoms with Gasteiger partial charge in [0.15, 0.2) is 11.5 Å². The number of aromatic hydroxyl groups is 1. The van der Waals surface area contributed by atoms with E-state index in [2.05, 4.69) is 34.3 Å². The van der Waals surface area contributed by atoms with Gasteiger partial charge in [0.1, 0.15) is 5.75 Å². The summed E-state index contributed by atoms with van der Waals surface area (Å²) in [5.41, 5.74) is 5.20. The highest BCUT2D eigenvalue weighted by atomic mass is 16.3. The first-order chi connectivity index (χ1) is 12.2. The van der Waals surface area contributed by atoms with Gasteiger partial charge in [-0.25, -0.2) is 9.97 Å². The van der Waals surface area contributed by atoms with Crippen molar-refractivity contribution in [3.63, 3.8) is 0 Å². The Labute approximate surface area is 145 Å². The molecule has 5 nitrogen and oxygen atoms in total. The molecule has 124 valence electrons. The highest BCUT2D eigenvalue weighted by molar-refractivity contribution is 5.70. The molecule has 0 fully saturated rings. The molecule has 25 heavy (non-hydrogen) atoms. The summed E-state index contributed by atoms with van der Waals surface area (Å²) >= 11 is 0. The molecule has 0 spiro atoms. The van der Waals surface area contributed by atoms with Crippen LogP contribution in [-0.2, 0) is 6.54 Å². The molecule has 5 heteroatoms. The molecule has 0 saturated carbocycles. The van der Waals surface area contributed by atoms with Gasteiger partial charge in [-0.05, 0) is 42.3 Å². The molecule has 0 aliphatic rings. The van der Waals surface area contributed by atoms with Crippen molar-refractivity contribution in [2.75, 3.05) is 5.32 Å². The minimum Gasteiger partial charge on any atom is -0.508 e. The van der Waals surface area contributed by atoms with E-state index in [1.165, 1.54) is 11.1 Å². The van der Waals surface area contributed by atoms with Gasteiger partial charge in [0.05, 0.1) is 11.9 Å². The van der Waals surface area contributed by atoms with Crippen LogP contribution in [0.2, 0.25) is 0 Å². The lowest BCUT2D eigenvalue weighted by Crippen LogP contribution is -2.05. The quantitative estimate of drug-likeness (QED) is 0.593. The first-order valence-corrected chi connectivity index (χ1v) is 8.12. The van der Waals surface area contributed by atoms with E-state index in [4.69, 9.17) is 0 Å². The van der Waals surface area contributed by atoms with E-state index in [0.29, 0.717) is 6.54 Å². The van der Waals surface area contributed by atoms with Crippen molar-refractivity contribution in [3.05, 3.63) is 78.2 Å². The summed E-state index contributed by atoms with van der Waals surface area (Å²) in [4.78, 5) is 8.97. The normalized spacial score (nSPS) is 10.9. The molecule has 4 rings (SSSR count). The Balaban J connectivity index is 1.67. The number of aryl methyl sites for hydroxylation is 1. The second-order valence-corrected chi connectivity index (χ2v) is 5.94. The van der Waals surface area contributed by atoms with Gasteiger partial charge in [0.25, 0.3) is 0 Å². The fourth-order valence-corrected chi connectivity index (χ4v) is 2.88. The van der Waals surface area contributed by atoms with Gasteiger partial charge in [0.2, 0.25) is 0 Å². The monoisotopic (exact) mass is 330 g/mol. The first kappa shape index (κ1) is 15.2. The van der Waals surface area contributed by atoms with Crippen LogP contribution in [-0.4, -0.2) is 19.5 Å². The summed E-state index contributed by atoms with van der Waals surface area (Å²) in [6, 6.07) is 15.4. The van der Waals surface area contributed by atoms with Gasteiger partial charge in [-0.3, -0.25) is 4.40 Å². The molecule has 0 bridgehead atoms. The number of imidazole rings is 1. The standard InChI is InChI=1S/C20H18N4O/c1-14-4-2-3-5-16(14)12-22-19-20-23-13-18(24(20)11-10-21-19)15-6-8-17(25)9-7-15/h2-11,13,25H,12H2,1H3,(H,21,22). The van der Waals surface area contributed by atoms with Crippen LogP contribution in [0.1, 0.15) is 11.1 Å². The molecule has 2 aromatic heterocycles. The van der Waals surface area contributed by atoms with Crippen molar-refractivity contribution in [1.82, 2.24) is 14.4 Å². The van der Waals surface area contributed by atoms with Crippen LogP contribution < -0.4 is 5.32 Å². The maximum atomic E-state index is 9.47. The van der Waals surface area contributed by atoms with E-state index < -0.39 is 0 Å². The Kier molecular flexibility index (Phi) is 3.82. The molecule has 2 heterocycles. The van der Waals surface area contributed by atoms with E-state index in [9.17, 15) is 5.11 Å². The third-order valence-electron chi connectivity index (χ3n) is 4.30. The van der Waals surface area contributed by atoms with Crippen LogP contribution in [0.15, 0.2) is 67.1 Å². The highest BCUT2D eigenvalue weighted by Gasteiger charge is 2.10. The van der Waals surface area contributed by atoms with E-state index >= 15 is 0 Å². The molecule has 0 aliphatic heterocycles. The van der Waals surface area contributed by atoms with Crippen molar-refractivity contribution in [2.24, 2.45) is 0 Å². The van der Waals surface area contributed by atoms with Crippen LogP contribution >= 0.6 is 0 Å². The molecule has 4 aromatic rings. The molecule has 2 aromatic carbocycles. The Morgan fingerprint density at radius 2 is 1.84 bits per heavy atom. The number of nitrogens with zero attached hydrogens (tertiary/aromatic N) is 3. The maximum Gasteiger partial charge on any atom is 0.180 e. The highest BCUT2D eigenvalue weighted by Crippen LogP contribution is 2.25. The molecule has 0 radical (unpaired) electrons. The number of fused-ring (bicyclic) bond motifs is 1. The third kappa shape index (κ3) is 2.92. The summed E-state index contributed by atoms with van der Waals surface area (Å²) in [5.74, 6) is 0.996. The number of hydrogen-bond acceptors (Lipinski definition) is 4. The van der Waals surface area contributed by atoms with Crippen LogP contribution in [0.4, 0.5) is 5.82 Å². The van der Waals surface area contributed by atoms with Crippen molar-refractivity contribution in [2.45, 2.75) is 13.5 Å². The zero-order valence-electron chi connectivity index (χ0n) is 13.8. The van der Waals surface area contributed by atoms with Crippen molar-refractivity contribution >= 4 is 11.5 Å². The van der Waals surface area contributed by atoms with Crippen LogP contribution in [0, 0.1) is 6.92 Å². The number of rotatable bonds is 4. The van der Waals surface area contributed by atoms with E-state index in [-0.39, 0.29) is 5.75 Å². The van der Waals surface area contributed by atoms with E-state index in [1.54, 1.807) is 18.3 Å². The predicted octanol–water partition coefficient (Wildman–Crippen LogP) is 4.02.